The molecule has 0 saturated heterocycles. The number of hydrogen-bond donors (Lipinski definition) is 2. The molecule has 0 aliphatic rings. The number of ether oxygens (including phenoxy) is 1. The summed E-state index contributed by atoms with van der Waals surface area (Å²) in [5, 5.41) is 3.10. The summed E-state index contributed by atoms with van der Waals surface area (Å²) in [5.74, 6) is 1.16. The van der Waals surface area contributed by atoms with Crippen molar-refractivity contribution in [3.05, 3.63) is 51.5 Å². The van der Waals surface area contributed by atoms with Gasteiger partial charge in [0, 0.05) is 0 Å². The molecule has 2 aromatic rings. The Morgan fingerprint density at radius 3 is 2.80 bits per heavy atom. The molecular formula is C14H16ClN3O2. The Morgan fingerprint density at radius 1 is 1.40 bits per heavy atom. The summed E-state index contributed by atoms with van der Waals surface area (Å²) < 4.78 is 5.65. The fourth-order valence-corrected chi connectivity index (χ4v) is 1.77. The monoisotopic (exact) mass is 293 g/mol. The SMILES string of the molecule is Cc1ccc(OCC(C)Nc2nc[nH]c(=O)c2Cl)cc1. The minimum absolute atomic E-state index is 0.0388. The van der Waals surface area contributed by atoms with Crippen LogP contribution in [0.4, 0.5) is 5.82 Å². The Labute approximate surface area is 122 Å². The summed E-state index contributed by atoms with van der Waals surface area (Å²) >= 11 is 5.86. The van der Waals surface area contributed by atoms with E-state index in [1.807, 2.05) is 38.1 Å². The lowest BCUT2D eigenvalue weighted by Gasteiger charge is -2.16. The van der Waals surface area contributed by atoms with Gasteiger partial charge >= 0.3 is 0 Å². The van der Waals surface area contributed by atoms with Crippen molar-refractivity contribution in [3.8, 4) is 5.75 Å². The number of nitrogens with zero attached hydrogens (tertiary/aromatic N) is 1. The van der Waals surface area contributed by atoms with E-state index in [0.717, 1.165) is 5.75 Å². The third-order valence-corrected chi connectivity index (χ3v) is 3.05. The molecule has 5 nitrogen and oxygen atoms in total. The van der Waals surface area contributed by atoms with Crippen molar-refractivity contribution in [2.75, 3.05) is 11.9 Å². The molecule has 0 aliphatic heterocycles. The molecule has 2 rings (SSSR count). The van der Waals surface area contributed by atoms with E-state index in [2.05, 4.69) is 15.3 Å². The minimum Gasteiger partial charge on any atom is -0.491 e. The van der Waals surface area contributed by atoms with Gasteiger partial charge in [-0.05, 0) is 26.0 Å². The largest absolute Gasteiger partial charge is 0.491 e. The van der Waals surface area contributed by atoms with Gasteiger partial charge in [-0.2, -0.15) is 0 Å². The number of hydrogen-bond acceptors (Lipinski definition) is 4. The lowest BCUT2D eigenvalue weighted by atomic mass is 10.2. The zero-order chi connectivity index (χ0) is 14.5. The molecule has 0 aliphatic carbocycles. The lowest BCUT2D eigenvalue weighted by molar-refractivity contribution is 0.303. The summed E-state index contributed by atoms with van der Waals surface area (Å²) in [7, 11) is 0. The third kappa shape index (κ3) is 3.74. The van der Waals surface area contributed by atoms with Crippen LogP contribution in [0.2, 0.25) is 5.02 Å². The van der Waals surface area contributed by atoms with E-state index in [9.17, 15) is 4.79 Å². The Balaban J connectivity index is 1.92. The summed E-state index contributed by atoms with van der Waals surface area (Å²) in [5.41, 5.74) is 0.818. The molecule has 0 fully saturated rings. The maximum absolute atomic E-state index is 11.3. The van der Waals surface area contributed by atoms with Crippen LogP contribution in [-0.2, 0) is 0 Å². The van der Waals surface area contributed by atoms with Crippen molar-refractivity contribution in [2.45, 2.75) is 19.9 Å². The molecule has 20 heavy (non-hydrogen) atoms. The summed E-state index contributed by atoms with van der Waals surface area (Å²) in [6.07, 6.45) is 1.31. The average Bonchev–Trinajstić information content (AvgIpc) is 2.43. The highest BCUT2D eigenvalue weighted by Gasteiger charge is 2.09. The van der Waals surface area contributed by atoms with Gasteiger partial charge in [-0.1, -0.05) is 29.3 Å². The number of rotatable bonds is 5. The number of nitrogens with one attached hydrogen (secondary N) is 2. The second-order valence-corrected chi connectivity index (χ2v) is 4.94. The van der Waals surface area contributed by atoms with Crippen molar-refractivity contribution in [1.82, 2.24) is 9.97 Å². The van der Waals surface area contributed by atoms with Crippen molar-refractivity contribution >= 4 is 17.4 Å². The first kappa shape index (κ1) is 14.4. The Bertz CT molecular complexity index is 625. The van der Waals surface area contributed by atoms with Crippen molar-refractivity contribution in [3.63, 3.8) is 0 Å². The molecule has 0 spiro atoms. The molecule has 1 atom stereocenters. The lowest BCUT2D eigenvalue weighted by Crippen LogP contribution is -2.25. The number of H-pyrrole nitrogens is 1. The van der Waals surface area contributed by atoms with Crippen molar-refractivity contribution in [1.29, 1.82) is 0 Å². The van der Waals surface area contributed by atoms with Gasteiger partial charge in [-0.25, -0.2) is 4.98 Å². The van der Waals surface area contributed by atoms with E-state index in [1.54, 1.807) is 0 Å². The number of benzene rings is 1. The molecule has 1 aromatic heterocycles. The normalized spacial score (nSPS) is 11.9. The summed E-state index contributed by atoms with van der Waals surface area (Å²) in [6, 6.07) is 7.77. The van der Waals surface area contributed by atoms with E-state index < -0.39 is 0 Å². The zero-order valence-corrected chi connectivity index (χ0v) is 12.1. The standard InChI is InChI=1S/C14H16ClN3O2/c1-9-3-5-11(6-4-9)20-7-10(2)18-13-12(15)14(19)17-8-16-13/h3-6,8,10H,7H2,1-2H3,(H2,16,17,18,19). The number of aromatic nitrogens is 2. The second-order valence-electron chi connectivity index (χ2n) is 4.56. The van der Waals surface area contributed by atoms with Crippen molar-refractivity contribution < 1.29 is 4.74 Å². The van der Waals surface area contributed by atoms with Crippen LogP contribution in [-0.4, -0.2) is 22.6 Å². The highest BCUT2D eigenvalue weighted by atomic mass is 35.5. The molecule has 1 unspecified atom stereocenters. The van der Waals surface area contributed by atoms with Gasteiger partial charge in [-0.3, -0.25) is 4.79 Å². The van der Waals surface area contributed by atoms with Gasteiger partial charge in [0.1, 0.15) is 17.4 Å². The van der Waals surface area contributed by atoms with Crippen LogP contribution in [0.1, 0.15) is 12.5 Å². The highest BCUT2D eigenvalue weighted by molar-refractivity contribution is 6.32. The van der Waals surface area contributed by atoms with Crippen LogP contribution in [0.5, 0.6) is 5.75 Å². The highest BCUT2D eigenvalue weighted by Crippen LogP contribution is 2.15. The first-order valence-electron chi connectivity index (χ1n) is 6.25. The van der Waals surface area contributed by atoms with Gasteiger partial charge in [0.15, 0.2) is 5.82 Å². The van der Waals surface area contributed by atoms with Gasteiger partial charge in [0.05, 0.1) is 12.4 Å². The molecule has 0 saturated carbocycles. The molecule has 2 N–H and O–H groups in total. The Hall–Kier alpha value is -2.01. The molecule has 0 bridgehead atoms. The maximum Gasteiger partial charge on any atom is 0.271 e. The van der Waals surface area contributed by atoms with Crippen LogP contribution in [0, 0.1) is 6.92 Å². The van der Waals surface area contributed by atoms with Gasteiger partial charge < -0.3 is 15.0 Å². The molecule has 1 aromatic carbocycles. The first-order valence-corrected chi connectivity index (χ1v) is 6.63. The molecule has 1 heterocycles. The number of anilines is 1. The molecular weight excluding hydrogens is 278 g/mol. The predicted octanol–water partition coefficient (Wildman–Crippen LogP) is 2.61. The van der Waals surface area contributed by atoms with E-state index in [4.69, 9.17) is 16.3 Å². The van der Waals surface area contributed by atoms with E-state index in [0.29, 0.717) is 12.4 Å². The van der Waals surface area contributed by atoms with E-state index in [1.165, 1.54) is 11.9 Å². The molecule has 106 valence electrons. The zero-order valence-electron chi connectivity index (χ0n) is 11.3. The molecule has 0 radical (unpaired) electrons. The first-order chi connectivity index (χ1) is 9.56. The fourth-order valence-electron chi connectivity index (χ4n) is 1.61. The van der Waals surface area contributed by atoms with Crippen molar-refractivity contribution in [2.24, 2.45) is 0 Å². The summed E-state index contributed by atoms with van der Waals surface area (Å²) in [4.78, 5) is 17.7. The van der Waals surface area contributed by atoms with E-state index in [-0.39, 0.29) is 16.6 Å². The average molecular weight is 294 g/mol. The Kier molecular flexibility index (Phi) is 4.63. The van der Waals surface area contributed by atoms with Crippen LogP contribution in [0.15, 0.2) is 35.4 Å². The number of halogens is 1. The summed E-state index contributed by atoms with van der Waals surface area (Å²) in [6.45, 7) is 4.38. The van der Waals surface area contributed by atoms with Crippen LogP contribution in [0.25, 0.3) is 0 Å². The van der Waals surface area contributed by atoms with Crippen LogP contribution >= 0.6 is 11.6 Å². The van der Waals surface area contributed by atoms with Gasteiger partial charge in [-0.15, -0.1) is 0 Å². The second kappa shape index (κ2) is 6.43. The molecule has 0 amide bonds. The van der Waals surface area contributed by atoms with Crippen LogP contribution in [0.3, 0.4) is 0 Å². The molecule has 6 heteroatoms. The van der Waals surface area contributed by atoms with E-state index >= 15 is 0 Å². The topological polar surface area (TPSA) is 67.0 Å². The van der Waals surface area contributed by atoms with Crippen LogP contribution < -0.4 is 15.6 Å². The quantitative estimate of drug-likeness (QED) is 0.889. The number of aryl methyl sites for hydroxylation is 1. The number of aromatic amines is 1. The maximum atomic E-state index is 11.3. The predicted molar refractivity (Wildman–Crippen MR) is 79.6 cm³/mol. The smallest absolute Gasteiger partial charge is 0.271 e. The van der Waals surface area contributed by atoms with Gasteiger partial charge in [0.2, 0.25) is 0 Å². The minimum atomic E-state index is -0.365. The third-order valence-electron chi connectivity index (χ3n) is 2.70. The Morgan fingerprint density at radius 2 is 2.10 bits per heavy atom. The fraction of sp³-hybridized carbons (Fsp3) is 0.286. The van der Waals surface area contributed by atoms with Gasteiger partial charge in [0.25, 0.3) is 5.56 Å².